The summed E-state index contributed by atoms with van der Waals surface area (Å²) < 4.78 is 0. The Bertz CT molecular complexity index is 436. The predicted octanol–water partition coefficient (Wildman–Crippen LogP) is 4.70. The number of rotatable bonds is 3. The number of benzene rings is 1. The van der Waals surface area contributed by atoms with E-state index < -0.39 is 0 Å². The van der Waals surface area contributed by atoms with Crippen LogP contribution in [-0.2, 0) is 0 Å². The van der Waals surface area contributed by atoms with Gasteiger partial charge in [-0.1, -0.05) is 31.9 Å². The molecule has 1 saturated carbocycles. The third-order valence-electron chi connectivity index (χ3n) is 4.98. The van der Waals surface area contributed by atoms with Crippen LogP contribution < -0.4 is 5.32 Å². The zero-order valence-corrected chi connectivity index (χ0v) is 13.2. The fourth-order valence-electron chi connectivity index (χ4n) is 3.75. The molecule has 1 heteroatoms. The molecule has 1 fully saturated rings. The molecule has 0 aliphatic heterocycles. The van der Waals surface area contributed by atoms with E-state index in [1.807, 2.05) is 0 Å². The smallest absolute Gasteiger partial charge is 0.0348 e. The van der Waals surface area contributed by atoms with Crippen molar-refractivity contribution in [3.63, 3.8) is 0 Å². The highest BCUT2D eigenvalue weighted by atomic mass is 14.9. The van der Waals surface area contributed by atoms with E-state index in [0.29, 0.717) is 6.04 Å². The molecule has 0 heterocycles. The van der Waals surface area contributed by atoms with Gasteiger partial charge in [0.15, 0.2) is 0 Å². The molecule has 0 bridgehead atoms. The van der Waals surface area contributed by atoms with Crippen LogP contribution in [0.15, 0.2) is 12.1 Å². The molecule has 3 unspecified atom stereocenters. The predicted molar refractivity (Wildman–Crippen MR) is 83.6 cm³/mol. The van der Waals surface area contributed by atoms with E-state index in [1.165, 1.54) is 47.9 Å². The van der Waals surface area contributed by atoms with Crippen molar-refractivity contribution >= 4 is 0 Å². The van der Waals surface area contributed by atoms with Crippen molar-refractivity contribution in [1.29, 1.82) is 0 Å². The highest BCUT2D eigenvalue weighted by Crippen LogP contribution is 2.38. The van der Waals surface area contributed by atoms with Crippen LogP contribution in [0.25, 0.3) is 0 Å². The summed E-state index contributed by atoms with van der Waals surface area (Å²) in [5, 5.41) is 3.60. The van der Waals surface area contributed by atoms with Crippen molar-refractivity contribution in [3.8, 4) is 0 Å². The molecule has 1 aliphatic carbocycles. The molecule has 0 amide bonds. The molecule has 106 valence electrons. The van der Waals surface area contributed by atoms with E-state index in [0.717, 1.165) is 11.8 Å². The lowest BCUT2D eigenvalue weighted by molar-refractivity contribution is 0.229. The van der Waals surface area contributed by atoms with Crippen LogP contribution in [0.1, 0.15) is 60.9 Å². The van der Waals surface area contributed by atoms with E-state index in [1.54, 1.807) is 0 Å². The Morgan fingerprint density at radius 3 is 2.37 bits per heavy atom. The van der Waals surface area contributed by atoms with Gasteiger partial charge in [0.05, 0.1) is 0 Å². The maximum absolute atomic E-state index is 3.60. The molecule has 1 aromatic carbocycles. The molecule has 2 rings (SSSR count). The highest BCUT2D eigenvalue weighted by Gasteiger charge is 2.27. The summed E-state index contributed by atoms with van der Waals surface area (Å²) in [6, 6.07) is 5.29. The van der Waals surface area contributed by atoms with Crippen LogP contribution in [-0.4, -0.2) is 7.05 Å². The Labute approximate surface area is 118 Å². The third kappa shape index (κ3) is 3.20. The molecule has 1 N–H and O–H groups in total. The maximum Gasteiger partial charge on any atom is 0.0348 e. The first kappa shape index (κ1) is 14.6. The van der Waals surface area contributed by atoms with Gasteiger partial charge in [0.1, 0.15) is 0 Å². The third-order valence-corrected chi connectivity index (χ3v) is 4.98. The number of hydrogen-bond acceptors (Lipinski definition) is 1. The molecule has 19 heavy (non-hydrogen) atoms. The summed E-state index contributed by atoms with van der Waals surface area (Å²) in [4.78, 5) is 0. The molecule has 0 spiro atoms. The number of nitrogens with one attached hydrogen (secondary N) is 1. The lowest BCUT2D eigenvalue weighted by Crippen LogP contribution is -2.29. The van der Waals surface area contributed by atoms with Crippen molar-refractivity contribution in [1.82, 2.24) is 5.32 Å². The first-order chi connectivity index (χ1) is 9.02. The minimum absolute atomic E-state index is 0.530. The normalized spacial score (nSPS) is 25.3. The molecular formula is C18H29N. The highest BCUT2D eigenvalue weighted by molar-refractivity contribution is 5.38. The van der Waals surface area contributed by atoms with Gasteiger partial charge in [-0.05, 0) is 74.8 Å². The Balaban J connectivity index is 2.28. The Morgan fingerprint density at radius 1 is 1.05 bits per heavy atom. The van der Waals surface area contributed by atoms with Crippen molar-refractivity contribution < 1.29 is 0 Å². The van der Waals surface area contributed by atoms with Gasteiger partial charge in [-0.15, -0.1) is 0 Å². The maximum atomic E-state index is 3.60. The summed E-state index contributed by atoms with van der Waals surface area (Å²) in [6.07, 6.45) is 5.56. The Hall–Kier alpha value is -0.820. The van der Waals surface area contributed by atoms with Crippen LogP contribution >= 0.6 is 0 Å². The van der Waals surface area contributed by atoms with Crippen LogP contribution in [0, 0.1) is 32.6 Å². The molecule has 1 nitrogen and oxygen atoms in total. The van der Waals surface area contributed by atoms with Gasteiger partial charge in [-0.2, -0.15) is 0 Å². The minimum Gasteiger partial charge on any atom is -0.313 e. The quantitative estimate of drug-likeness (QED) is 0.829. The minimum atomic E-state index is 0.530. The summed E-state index contributed by atoms with van der Waals surface area (Å²) in [6.45, 7) is 9.11. The molecule has 1 aliphatic rings. The summed E-state index contributed by atoms with van der Waals surface area (Å²) in [5.41, 5.74) is 5.79. The van der Waals surface area contributed by atoms with Gasteiger partial charge in [-0.25, -0.2) is 0 Å². The van der Waals surface area contributed by atoms with Crippen LogP contribution in [0.3, 0.4) is 0 Å². The second-order valence-corrected chi connectivity index (χ2v) is 6.59. The van der Waals surface area contributed by atoms with E-state index >= 15 is 0 Å². The zero-order valence-electron chi connectivity index (χ0n) is 13.2. The average Bonchev–Trinajstić information content (AvgIpc) is 2.36. The van der Waals surface area contributed by atoms with Crippen LogP contribution in [0.2, 0.25) is 0 Å². The van der Waals surface area contributed by atoms with E-state index in [-0.39, 0.29) is 0 Å². The monoisotopic (exact) mass is 259 g/mol. The largest absolute Gasteiger partial charge is 0.313 e. The molecule has 3 atom stereocenters. The number of hydrogen-bond donors (Lipinski definition) is 1. The van der Waals surface area contributed by atoms with Gasteiger partial charge in [0, 0.05) is 6.04 Å². The van der Waals surface area contributed by atoms with E-state index in [9.17, 15) is 0 Å². The van der Waals surface area contributed by atoms with Crippen molar-refractivity contribution in [2.24, 2.45) is 11.8 Å². The Morgan fingerprint density at radius 2 is 1.74 bits per heavy atom. The second kappa shape index (κ2) is 6.09. The van der Waals surface area contributed by atoms with Crippen LogP contribution in [0.5, 0.6) is 0 Å². The van der Waals surface area contributed by atoms with Gasteiger partial charge >= 0.3 is 0 Å². The van der Waals surface area contributed by atoms with E-state index in [4.69, 9.17) is 0 Å². The zero-order chi connectivity index (χ0) is 14.0. The molecule has 0 saturated heterocycles. The van der Waals surface area contributed by atoms with Gasteiger partial charge in [-0.3, -0.25) is 0 Å². The molecule has 0 aromatic heterocycles. The van der Waals surface area contributed by atoms with Crippen molar-refractivity contribution in [3.05, 3.63) is 34.4 Å². The lowest BCUT2D eigenvalue weighted by Gasteiger charge is -2.34. The van der Waals surface area contributed by atoms with Gasteiger partial charge < -0.3 is 5.32 Å². The molecular weight excluding hydrogens is 230 g/mol. The summed E-state index contributed by atoms with van der Waals surface area (Å²) in [5.74, 6) is 1.69. The first-order valence-corrected chi connectivity index (χ1v) is 7.78. The molecule has 0 radical (unpaired) electrons. The Kier molecular flexibility index (Phi) is 4.67. The van der Waals surface area contributed by atoms with Gasteiger partial charge in [0.25, 0.3) is 0 Å². The number of aryl methyl sites for hydroxylation is 3. The summed E-state index contributed by atoms with van der Waals surface area (Å²) in [7, 11) is 2.12. The fourth-order valence-corrected chi connectivity index (χ4v) is 3.75. The SMILES string of the molecule is CNC(c1cc(C)c(C)cc1C)C1CCCC(C)C1. The molecule has 1 aromatic rings. The van der Waals surface area contributed by atoms with Crippen LogP contribution in [0.4, 0.5) is 0 Å². The van der Waals surface area contributed by atoms with Crippen molar-refractivity contribution in [2.75, 3.05) is 7.05 Å². The van der Waals surface area contributed by atoms with Crippen molar-refractivity contribution in [2.45, 2.75) is 59.4 Å². The van der Waals surface area contributed by atoms with Gasteiger partial charge in [0.2, 0.25) is 0 Å². The topological polar surface area (TPSA) is 12.0 Å². The average molecular weight is 259 g/mol. The summed E-state index contributed by atoms with van der Waals surface area (Å²) >= 11 is 0. The second-order valence-electron chi connectivity index (χ2n) is 6.59. The van der Waals surface area contributed by atoms with E-state index in [2.05, 4.69) is 52.2 Å². The standard InChI is InChI=1S/C18H29N/c1-12-7-6-8-16(9-12)18(19-5)17-11-14(3)13(2)10-15(17)4/h10-12,16,18-19H,6-9H2,1-5H3. The lowest BCUT2D eigenvalue weighted by atomic mass is 9.75. The fraction of sp³-hybridized carbons (Fsp3) is 0.667. The first-order valence-electron chi connectivity index (χ1n) is 7.78.